The Kier molecular flexibility index (Phi) is 6.61. The lowest BCUT2D eigenvalue weighted by atomic mass is 9.95. The average molecular weight is 422 g/mol. The van der Waals surface area contributed by atoms with Crippen LogP contribution in [0.4, 0.5) is 5.69 Å². The number of hydrogen-bond donors (Lipinski definition) is 1. The van der Waals surface area contributed by atoms with Crippen LogP contribution in [-0.2, 0) is 30.0 Å². The topological polar surface area (TPSA) is 64.6 Å². The molecule has 5 nitrogen and oxygen atoms in total. The summed E-state index contributed by atoms with van der Waals surface area (Å²) in [6.07, 6.45) is 1.85. The Labute approximate surface area is 170 Å². The molecular weight excluding hydrogens is 397 g/mol. The van der Waals surface area contributed by atoms with Crippen molar-refractivity contribution in [2.45, 2.75) is 38.3 Å². The number of hydrogen-bond acceptors (Lipinski definition) is 4. The molecule has 0 bridgehead atoms. The van der Waals surface area contributed by atoms with Gasteiger partial charge in [0.15, 0.2) is 0 Å². The van der Waals surface area contributed by atoms with E-state index in [4.69, 9.17) is 20.6 Å². The smallest absolute Gasteiger partial charge is 0.325 e. The molecule has 2 aromatic carbocycles. The zero-order valence-electron chi connectivity index (χ0n) is 16.1. The number of anilines is 1. The van der Waals surface area contributed by atoms with E-state index in [1.165, 1.54) is 0 Å². The van der Waals surface area contributed by atoms with Gasteiger partial charge in [-0.1, -0.05) is 35.9 Å². The molecule has 0 saturated heterocycles. The van der Waals surface area contributed by atoms with Crippen molar-refractivity contribution in [2.24, 2.45) is 0 Å². The standard InChI is InChI=1S/C21H25ClNO4P/c1-3-26-28(25,27-4-2)15-16-5-11-19(12-6-16)23-20(24)21(13-14-21)17-7-9-18(22)10-8-17/h5-12H,3-4,13-15H2,1-2H3,(H,23,24). The molecule has 1 aliphatic rings. The number of halogens is 1. The summed E-state index contributed by atoms with van der Waals surface area (Å²) in [5.41, 5.74) is 2.06. The number of carbonyl (C=O) groups is 1. The second kappa shape index (κ2) is 8.79. The van der Waals surface area contributed by atoms with Gasteiger partial charge in [0.1, 0.15) is 0 Å². The van der Waals surface area contributed by atoms with Crippen LogP contribution in [-0.4, -0.2) is 19.1 Å². The summed E-state index contributed by atoms with van der Waals surface area (Å²) in [6, 6.07) is 14.8. The third-order valence-electron chi connectivity index (χ3n) is 4.82. The molecule has 0 unspecified atom stereocenters. The largest absolute Gasteiger partial charge is 0.335 e. The van der Waals surface area contributed by atoms with Gasteiger partial charge in [-0.2, -0.15) is 0 Å². The monoisotopic (exact) mass is 421 g/mol. The van der Waals surface area contributed by atoms with Gasteiger partial charge in [0, 0.05) is 10.7 Å². The highest BCUT2D eigenvalue weighted by Crippen LogP contribution is 2.51. The van der Waals surface area contributed by atoms with E-state index in [1.807, 2.05) is 48.5 Å². The minimum absolute atomic E-state index is 0.0168. The van der Waals surface area contributed by atoms with E-state index in [2.05, 4.69) is 5.32 Å². The maximum atomic E-state index is 12.8. The van der Waals surface area contributed by atoms with Crippen LogP contribution < -0.4 is 5.32 Å². The fourth-order valence-corrected chi connectivity index (χ4v) is 5.06. The Hall–Kier alpha value is -1.65. The van der Waals surface area contributed by atoms with Crippen molar-refractivity contribution in [3.05, 3.63) is 64.7 Å². The Bertz CT molecular complexity index is 853. The third-order valence-corrected chi connectivity index (χ3v) is 7.13. The minimum Gasteiger partial charge on any atom is -0.325 e. The highest BCUT2D eigenvalue weighted by atomic mass is 35.5. The SMILES string of the molecule is CCOP(=O)(Cc1ccc(NC(=O)C2(c3ccc(Cl)cc3)CC2)cc1)OCC. The Morgan fingerprint density at radius 3 is 2.11 bits per heavy atom. The summed E-state index contributed by atoms with van der Waals surface area (Å²) in [7, 11) is -3.14. The van der Waals surface area contributed by atoms with E-state index >= 15 is 0 Å². The highest BCUT2D eigenvalue weighted by molar-refractivity contribution is 7.53. The Balaban J connectivity index is 1.66. The van der Waals surface area contributed by atoms with Crippen LogP contribution >= 0.6 is 19.2 Å². The second-order valence-corrected chi connectivity index (χ2v) is 9.34. The molecule has 1 amide bonds. The van der Waals surface area contributed by atoms with Gasteiger partial charge in [-0.05, 0) is 62.1 Å². The van der Waals surface area contributed by atoms with Crippen LogP contribution in [0.25, 0.3) is 0 Å². The van der Waals surface area contributed by atoms with Gasteiger partial charge in [0.05, 0.1) is 24.8 Å². The number of carbonyl (C=O) groups excluding carboxylic acids is 1. The molecule has 0 aromatic heterocycles. The molecule has 0 radical (unpaired) electrons. The number of benzene rings is 2. The number of rotatable bonds is 9. The predicted molar refractivity (Wildman–Crippen MR) is 112 cm³/mol. The predicted octanol–water partition coefficient (Wildman–Crippen LogP) is 5.78. The molecule has 1 fully saturated rings. The molecule has 0 spiro atoms. The molecule has 1 N–H and O–H groups in total. The summed E-state index contributed by atoms with van der Waals surface area (Å²) < 4.78 is 23.3. The highest BCUT2D eigenvalue weighted by Gasteiger charge is 2.51. The minimum atomic E-state index is -3.14. The molecule has 1 aliphatic carbocycles. The van der Waals surface area contributed by atoms with Crippen LogP contribution in [0.3, 0.4) is 0 Å². The molecule has 28 heavy (non-hydrogen) atoms. The zero-order valence-corrected chi connectivity index (χ0v) is 17.8. The molecule has 7 heteroatoms. The Morgan fingerprint density at radius 2 is 1.61 bits per heavy atom. The lowest BCUT2D eigenvalue weighted by Crippen LogP contribution is -2.27. The first-order chi connectivity index (χ1) is 13.4. The van der Waals surface area contributed by atoms with Crippen LogP contribution in [0, 0.1) is 0 Å². The van der Waals surface area contributed by atoms with E-state index < -0.39 is 13.0 Å². The van der Waals surface area contributed by atoms with Crippen molar-refractivity contribution < 1.29 is 18.4 Å². The van der Waals surface area contributed by atoms with Gasteiger partial charge in [-0.3, -0.25) is 9.36 Å². The van der Waals surface area contributed by atoms with Gasteiger partial charge < -0.3 is 14.4 Å². The van der Waals surface area contributed by atoms with E-state index in [1.54, 1.807) is 13.8 Å². The average Bonchev–Trinajstić information content (AvgIpc) is 3.46. The molecule has 0 atom stereocenters. The van der Waals surface area contributed by atoms with Crippen LogP contribution in [0.2, 0.25) is 5.02 Å². The molecule has 3 rings (SSSR count). The van der Waals surface area contributed by atoms with Crippen molar-refractivity contribution in [1.29, 1.82) is 0 Å². The molecular formula is C21H25ClNO4P. The van der Waals surface area contributed by atoms with Crippen molar-refractivity contribution in [1.82, 2.24) is 0 Å². The van der Waals surface area contributed by atoms with Gasteiger partial charge in [0.2, 0.25) is 5.91 Å². The first kappa shape index (κ1) is 21.1. The zero-order chi connectivity index (χ0) is 20.2. The summed E-state index contributed by atoms with van der Waals surface area (Å²) in [6.45, 7) is 4.24. The van der Waals surface area contributed by atoms with E-state index in [-0.39, 0.29) is 12.1 Å². The maximum Gasteiger partial charge on any atom is 0.335 e. The molecule has 150 valence electrons. The lowest BCUT2D eigenvalue weighted by molar-refractivity contribution is -0.118. The van der Waals surface area contributed by atoms with E-state index in [0.29, 0.717) is 23.9 Å². The van der Waals surface area contributed by atoms with Gasteiger partial charge in [0.25, 0.3) is 0 Å². The van der Waals surface area contributed by atoms with Crippen LogP contribution in [0.5, 0.6) is 0 Å². The first-order valence-corrected chi connectivity index (χ1v) is 11.6. The molecule has 0 heterocycles. The molecule has 1 saturated carbocycles. The molecule has 0 aliphatic heterocycles. The maximum absolute atomic E-state index is 12.8. The number of amides is 1. The van der Waals surface area contributed by atoms with Crippen molar-refractivity contribution >= 4 is 30.8 Å². The van der Waals surface area contributed by atoms with E-state index in [9.17, 15) is 9.36 Å². The van der Waals surface area contributed by atoms with Crippen LogP contribution in [0.15, 0.2) is 48.5 Å². The first-order valence-electron chi connectivity index (χ1n) is 9.45. The quantitative estimate of drug-likeness (QED) is 0.521. The van der Waals surface area contributed by atoms with Gasteiger partial charge in [-0.15, -0.1) is 0 Å². The summed E-state index contributed by atoms with van der Waals surface area (Å²) in [4.78, 5) is 12.8. The summed E-state index contributed by atoms with van der Waals surface area (Å²) >= 11 is 5.95. The lowest BCUT2D eigenvalue weighted by Gasteiger charge is -2.18. The van der Waals surface area contributed by atoms with E-state index in [0.717, 1.165) is 24.0 Å². The van der Waals surface area contributed by atoms with Gasteiger partial charge >= 0.3 is 7.60 Å². The van der Waals surface area contributed by atoms with Crippen molar-refractivity contribution in [3.8, 4) is 0 Å². The van der Waals surface area contributed by atoms with Crippen molar-refractivity contribution in [2.75, 3.05) is 18.5 Å². The third kappa shape index (κ3) is 4.84. The number of nitrogens with one attached hydrogen (secondary N) is 1. The summed E-state index contributed by atoms with van der Waals surface area (Å²) in [5, 5.41) is 3.65. The summed E-state index contributed by atoms with van der Waals surface area (Å²) in [5.74, 6) is -0.0168. The fourth-order valence-electron chi connectivity index (χ4n) is 3.23. The van der Waals surface area contributed by atoms with Crippen LogP contribution in [0.1, 0.15) is 37.8 Å². The Morgan fingerprint density at radius 1 is 1.04 bits per heavy atom. The fraction of sp³-hybridized carbons (Fsp3) is 0.381. The molecule has 2 aromatic rings. The second-order valence-electron chi connectivity index (χ2n) is 6.84. The van der Waals surface area contributed by atoms with Crippen molar-refractivity contribution in [3.63, 3.8) is 0 Å². The normalized spacial score (nSPS) is 15.2. The van der Waals surface area contributed by atoms with Gasteiger partial charge in [-0.25, -0.2) is 0 Å².